The largest absolute Gasteiger partial charge is 0.327 e. The molecule has 0 spiro atoms. The third-order valence-electron chi connectivity index (χ3n) is 2.29. The molecule has 0 fully saturated rings. The minimum absolute atomic E-state index is 0.720. The Morgan fingerprint density at radius 3 is 1.27 bits per heavy atom. The summed E-state index contributed by atoms with van der Waals surface area (Å²) in [7, 11) is 2.29. The van der Waals surface area contributed by atoms with Crippen molar-refractivity contribution in [1.29, 1.82) is 0 Å². The van der Waals surface area contributed by atoms with Gasteiger partial charge in [-0.25, -0.2) is 0 Å². The van der Waals surface area contributed by atoms with E-state index in [1.165, 1.54) is 24.1 Å². The van der Waals surface area contributed by atoms with Crippen LogP contribution in [0.3, 0.4) is 0 Å². The lowest BCUT2D eigenvalue weighted by molar-refractivity contribution is -0.904. The van der Waals surface area contributed by atoms with Crippen LogP contribution in [0.15, 0.2) is 0 Å². The second-order valence-electron chi connectivity index (χ2n) is 2.72. The smallest absolute Gasteiger partial charge is 0.0755 e. The number of nitrogens with two attached hydrogens (primary N) is 1. The van der Waals surface area contributed by atoms with Gasteiger partial charge in [0.15, 0.2) is 0 Å². The predicted molar refractivity (Wildman–Crippen MR) is 60.9 cm³/mol. The zero-order valence-electron chi connectivity index (χ0n) is 8.23. The second kappa shape index (κ2) is 8.74. The molecule has 2 N–H and O–H groups in total. The van der Waals surface area contributed by atoms with Crippen molar-refractivity contribution in [3.8, 4) is 0 Å². The van der Waals surface area contributed by atoms with E-state index in [1.807, 2.05) is 0 Å². The average molecular weight is 273 g/mol. The molecule has 0 saturated heterocycles. The molecule has 0 amide bonds. The van der Waals surface area contributed by atoms with Crippen molar-refractivity contribution in [2.24, 2.45) is 5.73 Å². The third-order valence-corrected chi connectivity index (χ3v) is 2.29. The van der Waals surface area contributed by atoms with E-state index in [0.29, 0.717) is 0 Å². The summed E-state index contributed by atoms with van der Waals surface area (Å²) in [6.07, 6.45) is 0. The summed E-state index contributed by atoms with van der Waals surface area (Å²) >= 11 is 2.07. The van der Waals surface area contributed by atoms with E-state index >= 15 is 0 Å². The number of nitrogens with zero attached hydrogens (tertiary/aromatic N) is 1. The monoisotopic (exact) mass is 273 g/mol. The molecule has 0 rings (SSSR count). The molecule has 0 aromatic rings. The Kier molecular flexibility index (Phi) is 11.3. The Hall–Kier alpha value is 0.650. The highest BCUT2D eigenvalue weighted by Gasteiger charge is 2.10. The normalized spacial score (nSPS) is 10.4. The quantitative estimate of drug-likeness (QED) is 0.361. The van der Waals surface area contributed by atoms with Crippen LogP contribution in [0.25, 0.3) is 0 Å². The highest BCUT2D eigenvalue weighted by Crippen LogP contribution is 1.97. The molecule has 0 saturated carbocycles. The van der Waals surface area contributed by atoms with Gasteiger partial charge in [-0.3, -0.25) is 0 Å². The van der Waals surface area contributed by atoms with Gasteiger partial charge in [-0.2, -0.15) is 0 Å². The molecule has 70 valence electrons. The Morgan fingerprint density at radius 1 is 1.09 bits per heavy atom. The van der Waals surface area contributed by atoms with Crippen LogP contribution in [0.2, 0.25) is 0 Å². The second-order valence-corrected chi connectivity index (χ2v) is 3.60. The standard InChI is InChI=1S/C7H18N.CH4IN/c1-5-8(4,6-2)7-3;2-1-3/h5-7H2,1-4H3;1,3H2/q+1;. The zero-order valence-corrected chi connectivity index (χ0v) is 10.4. The molecule has 0 bridgehead atoms. The van der Waals surface area contributed by atoms with Crippen LogP contribution >= 0.6 is 22.6 Å². The maximum absolute atomic E-state index is 4.83. The molecule has 0 aliphatic rings. The van der Waals surface area contributed by atoms with E-state index in [0.717, 1.165) is 4.55 Å². The molecule has 0 unspecified atom stereocenters. The van der Waals surface area contributed by atoms with Crippen LogP contribution in [-0.2, 0) is 0 Å². The Bertz CT molecular complexity index is 64.2. The van der Waals surface area contributed by atoms with E-state index in [4.69, 9.17) is 5.73 Å². The molecule has 0 aromatic carbocycles. The van der Waals surface area contributed by atoms with Gasteiger partial charge in [-0.15, -0.1) is 0 Å². The average Bonchev–Trinajstić information content (AvgIpc) is 2.05. The molecule has 0 heterocycles. The Labute approximate surface area is 84.9 Å². The summed E-state index contributed by atoms with van der Waals surface area (Å²) in [5, 5.41) is 0. The molecule has 11 heavy (non-hydrogen) atoms. The first-order valence-corrected chi connectivity index (χ1v) is 5.72. The van der Waals surface area contributed by atoms with Crippen LogP contribution in [-0.4, -0.2) is 35.7 Å². The summed E-state index contributed by atoms with van der Waals surface area (Å²) in [5.41, 5.74) is 4.83. The Balaban J connectivity index is 0. The molecule has 3 heteroatoms. The SMILES string of the molecule is CC[N+](C)(CC)CC.NCI. The first-order chi connectivity index (χ1) is 5.10. The van der Waals surface area contributed by atoms with Gasteiger partial charge in [0.1, 0.15) is 0 Å². The minimum atomic E-state index is 0.720. The highest BCUT2D eigenvalue weighted by molar-refractivity contribution is 14.1. The van der Waals surface area contributed by atoms with Gasteiger partial charge in [-0.1, -0.05) is 22.6 Å². The van der Waals surface area contributed by atoms with Crippen molar-refractivity contribution in [3.63, 3.8) is 0 Å². The van der Waals surface area contributed by atoms with Crippen molar-refractivity contribution in [1.82, 2.24) is 0 Å². The molecule has 0 aliphatic heterocycles. The first-order valence-electron chi connectivity index (χ1n) is 4.19. The number of rotatable bonds is 3. The maximum Gasteiger partial charge on any atom is 0.0755 e. The third kappa shape index (κ3) is 8.56. The zero-order chi connectivity index (χ0) is 9.33. The van der Waals surface area contributed by atoms with Crippen molar-refractivity contribution in [3.05, 3.63) is 0 Å². The van der Waals surface area contributed by atoms with Crippen LogP contribution in [0, 0.1) is 0 Å². The summed E-state index contributed by atoms with van der Waals surface area (Å²) in [6.45, 7) is 10.5. The van der Waals surface area contributed by atoms with Gasteiger partial charge in [0, 0.05) is 4.55 Å². The summed E-state index contributed by atoms with van der Waals surface area (Å²) in [4.78, 5) is 0. The fourth-order valence-electron chi connectivity index (χ4n) is 0.671. The molecule has 0 aliphatic carbocycles. The van der Waals surface area contributed by atoms with Gasteiger partial charge < -0.3 is 10.2 Å². The lowest BCUT2D eigenvalue weighted by Crippen LogP contribution is -2.42. The number of alkyl halides is 1. The first kappa shape index (κ1) is 14.2. The molecule has 2 nitrogen and oxygen atoms in total. The van der Waals surface area contributed by atoms with E-state index in [1.54, 1.807) is 0 Å². The van der Waals surface area contributed by atoms with E-state index in [9.17, 15) is 0 Å². The van der Waals surface area contributed by atoms with E-state index in [2.05, 4.69) is 50.4 Å². The lowest BCUT2D eigenvalue weighted by Gasteiger charge is -2.30. The highest BCUT2D eigenvalue weighted by atomic mass is 127. The van der Waals surface area contributed by atoms with Crippen LogP contribution in [0.4, 0.5) is 0 Å². The maximum atomic E-state index is 4.83. The summed E-state index contributed by atoms with van der Waals surface area (Å²) in [5.74, 6) is 0. The fraction of sp³-hybridized carbons (Fsp3) is 1.00. The topological polar surface area (TPSA) is 26.0 Å². The van der Waals surface area contributed by atoms with Gasteiger partial charge >= 0.3 is 0 Å². The van der Waals surface area contributed by atoms with Gasteiger partial charge in [0.25, 0.3) is 0 Å². The van der Waals surface area contributed by atoms with Gasteiger partial charge in [0.05, 0.1) is 26.7 Å². The van der Waals surface area contributed by atoms with Crippen LogP contribution in [0.5, 0.6) is 0 Å². The van der Waals surface area contributed by atoms with Gasteiger partial charge in [0.2, 0.25) is 0 Å². The van der Waals surface area contributed by atoms with Crippen molar-refractivity contribution in [2.75, 3.05) is 31.2 Å². The number of quaternary nitrogens is 1. The predicted octanol–water partition coefficient (Wildman–Crippen LogP) is 1.83. The summed E-state index contributed by atoms with van der Waals surface area (Å²) in [6, 6.07) is 0. The van der Waals surface area contributed by atoms with Crippen LogP contribution < -0.4 is 5.73 Å². The van der Waals surface area contributed by atoms with E-state index in [-0.39, 0.29) is 0 Å². The van der Waals surface area contributed by atoms with Crippen LogP contribution in [0.1, 0.15) is 20.8 Å². The lowest BCUT2D eigenvalue weighted by atomic mass is 10.4. The Morgan fingerprint density at radius 2 is 1.27 bits per heavy atom. The van der Waals surface area contributed by atoms with E-state index < -0.39 is 0 Å². The van der Waals surface area contributed by atoms with Crippen molar-refractivity contribution < 1.29 is 4.48 Å². The summed E-state index contributed by atoms with van der Waals surface area (Å²) < 4.78 is 1.93. The number of hydrogen-bond acceptors (Lipinski definition) is 1. The minimum Gasteiger partial charge on any atom is -0.327 e. The number of halogens is 1. The molecular weight excluding hydrogens is 251 g/mol. The van der Waals surface area contributed by atoms with Crippen molar-refractivity contribution >= 4 is 22.6 Å². The molecule has 0 radical (unpaired) electrons. The molecule has 0 aromatic heterocycles. The van der Waals surface area contributed by atoms with Gasteiger partial charge in [-0.05, 0) is 20.8 Å². The molecule has 0 atom stereocenters. The molecular formula is C8H22IN2+. The number of hydrogen-bond donors (Lipinski definition) is 1. The fourth-order valence-corrected chi connectivity index (χ4v) is 0.671. The van der Waals surface area contributed by atoms with Crippen molar-refractivity contribution in [2.45, 2.75) is 20.8 Å².